The van der Waals surface area contributed by atoms with Crippen molar-refractivity contribution >= 4 is 9.84 Å². The Hall–Kier alpha value is -0.130. The molecule has 0 saturated carbocycles. The highest BCUT2D eigenvalue weighted by atomic mass is 32.2. The highest BCUT2D eigenvalue weighted by Gasteiger charge is 2.30. The zero-order valence-electron chi connectivity index (χ0n) is 12.0. The molecule has 2 aliphatic heterocycles. The van der Waals surface area contributed by atoms with E-state index >= 15 is 0 Å². The van der Waals surface area contributed by atoms with Crippen molar-refractivity contribution in [2.75, 3.05) is 44.9 Å². The summed E-state index contributed by atoms with van der Waals surface area (Å²) in [5.41, 5.74) is 0. The first-order valence-electron chi connectivity index (χ1n) is 7.51. The Morgan fingerprint density at radius 3 is 2.74 bits per heavy atom. The highest BCUT2D eigenvalue weighted by molar-refractivity contribution is 7.91. The van der Waals surface area contributed by atoms with Crippen LogP contribution in [-0.2, 0) is 14.6 Å². The lowest BCUT2D eigenvalue weighted by Gasteiger charge is -2.26. The van der Waals surface area contributed by atoms with E-state index in [1.165, 1.54) is 19.3 Å². The summed E-state index contributed by atoms with van der Waals surface area (Å²) >= 11 is 0. The van der Waals surface area contributed by atoms with Gasteiger partial charge in [0.2, 0.25) is 0 Å². The Morgan fingerprint density at radius 2 is 2.05 bits per heavy atom. The van der Waals surface area contributed by atoms with Crippen LogP contribution in [0.4, 0.5) is 0 Å². The number of hydrogen-bond donors (Lipinski definition) is 0. The van der Waals surface area contributed by atoms with Crippen LogP contribution in [-0.4, -0.2) is 58.2 Å². The summed E-state index contributed by atoms with van der Waals surface area (Å²) in [6, 6.07) is 0. The predicted molar refractivity (Wildman–Crippen MR) is 77.0 cm³/mol. The Morgan fingerprint density at radius 1 is 1.21 bits per heavy atom. The first kappa shape index (κ1) is 15.3. The van der Waals surface area contributed by atoms with Gasteiger partial charge in [0.1, 0.15) is 0 Å². The fourth-order valence-corrected chi connectivity index (χ4v) is 5.23. The molecule has 2 saturated heterocycles. The lowest BCUT2D eigenvalue weighted by Crippen LogP contribution is -2.34. The molecule has 2 aliphatic rings. The van der Waals surface area contributed by atoms with Crippen LogP contribution in [0.1, 0.15) is 32.1 Å². The monoisotopic (exact) mass is 289 g/mol. The number of likely N-dealkylation sites (tertiary alicyclic amines) is 1. The molecule has 0 aromatic rings. The van der Waals surface area contributed by atoms with Crippen molar-refractivity contribution in [2.45, 2.75) is 32.1 Å². The van der Waals surface area contributed by atoms with Gasteiger partial charge in [0.05, 0.1) is 11.5 Å². The molecule has 0 unspecified atom stereocenters. The van der Waals surface area contributed by atoms with Gasteiger partial charge in [-0.2, -0.15) is 0 Å². The Balaban J connectivity index is 1.81. The second-order valence-electron chi connectivity index (χ2n) is 6.17. The maximum atomic E-state index is 11.5. The molecule has 0 aliphatic carbocycles. The van der Waals surface area contributed by atoms with Crippen LogP contribution in [0, 0.1) is 11.8 Å². The largest absolute Gasteiger partial charge is 0.385 e. The molecule has 0 amide bonds. The van der Waals surface area contributed by atoms with Crippen molar-refractivity contribution < 1.29 is 13.2 Å². The summed E-state index contributed by atoms with van der Waals surface area (Å²) in [6.07, 6.45) is 5.84. The SMILES string of the molecule is COCC[C@H]1CCCCN(C[C@@H]2CCS(=O)(=O)C2)C1. The van der Waals surface area contributed by atoms with Crippen molar-refractivity contribution in [1.29, 1.82) is 0 Å². The van der Waals surface area contributed by atoms with E-state index in [1.54, 1.807) is 7.11 Å². The van der Waals surface area contributed by atoms with Crippen molar-refractivity contribution in [2.24, 2.45) is 11.8 Å². The van der Waals surface area contributed by atoms with Crippen LogP contribution >= 0.6 is 0 Å². The van der Waals surface area contributed by atoms with Gasteiger partial charge in [0, 0.05) is 26.8 Å². The minimum Gasteiger partial charge on any atom is -0.385 e. The Kier molecular flexibility index (Phi) is 5.66. The zero-order chi connectivity index (χ0) is 13.7. The molecule has 2 atom stereocenters. The van der Waals surface area contributed by atoms with E-state index < -0.39 is 9.84 Å². The van der Waals surface area contributed by atoms with Gasteiger partial charge in [0.25, 0.3) is 0 Å². The summed E-state index contributed by atoms with van der Waals surface area (Å²) in [6.45, 7) is 4.08. The summed E-state index contributed by atoms with van der Waals surface area (Å²) in [5.74, 6) is 1.90. The van der Waals surface area contributed by atoms with Crippen molar-refractivity contribution in [3.05, 3.63) is 0 Å². The van der Waals surface area contributed by atoms with E-state index in [9.17, 15) is 8.42 Å². The van der Waals surface area contributed by atoms with Gasteiger partial charge < -0.3 is 9.64 Å². The third kappa shape index (κ3) is 5.04. The van der Waals surface area contributed by atoms with Crippen LogP contribution < -0.4 is 0 Å². The molecular weight excluding hydrogens is 262 g/mol. The van der Waals surface area contributed by atoms with Crippen LogP contribution in [0.3, 0.4) is 0 Å². The minimum atomic E-state index is -2.73. The van der Waals surface area contributed by atoms with E-state index in [0.717, 1.165) is 45.0 Å². The molecule has 112 valence electrons. The molecule has 2 fully saturated rings. The predicted octanol–water partition coefficient (Wildman–Crippen LogP) is 1.56. The fourth-order valence-electron chi connectivity index (χ4n) is 3.38. The second kappa shape index (κ2) is 7.04. The molecule has 0 aromatic carbocycles. The van der Waals surface area contributed by atoms with Crippen molar-refractivity contribution in [1.82, 2.24) is 4.90 Å². The molecule has 0 radical (unpaired) electrons. The summed E-state index contributed by atoms with van der Waals surface area (Å²) in [4.78, 5) is 2.50. The number of ether oxygens (including phenoxy) is 1. The van der Waals surface area contributed by atoms with E-state index in [-0.39, 0.29) is 0 Å². The first-order chi connectivity index (χ1) is 9.09. The third-order valence-corrected chi connectivity index (χ3v) is 6.26. The summed E-state index contributed by atoms with van der Waals surface area (Å²) < 4.78 is 28.2. The molecular formula is C14H27NO3S. The number of hydrogen-bond acceptors (Lipinski definition) is 4. The smallest absolute Gasteiger partial charge is 0.150 e. The van der Waals surface area contributed by atoms with Gasteiger partial charge in [0.15, 0.2) is 9.84 Å². The van der Waals surface area contributed by atoms with E-state index in [0.29, 0.717) is 17.4 Å². The first-order valence-corrected chi connectivity index (χ1v) is 9.33. The van der Waals surface area contributed by atoms with Crippen LogP contribution in [0.25, 0.3) is 0 Å². The average Bonchev–Trinajstić information content (AvgIpc) is 2.58. The number of rotatable bonds is 5. The molecule has 19 heavy (non-hydrogen) atoms. The number of nitrogens with zero attached hydrogens (tertiary/aromatic N) is 1. The fraction of sp³-hybridized carbons (Fsp3) is 1.00. The summed E-state index contributed by atoms with van der Waals surface area (Å²) in [7, 11) is -0.968. The maximum absolute atomic E-state index is 11.5. The van der Waals surface area contributed by atoms with Gasteiger partial charge in [-0.3, -0.25) is 0 Å². The Labute approximate surface area is 117 Å². The van der Waals surface area contributed by atoms with Crippen LogP contribution in [0.15, 0.2) is 0 Å². The van der Waals surface area contributed by atoms with E-state index in [1.807, 2.05) is 0 Å². The third-order valence-electron chi connectivity index (χ3n) is 4.43. The van der Waals surface area contributed by atoms with Crippen molar-refractivity contribution in [3.8, 4) is 0 Å². The molecule has 0 N–H and O–H groups in total. The zero-order valence-corrected chi connectivity index (χ0v) is 12.8. The lowest BCUT2D eigenvalue weighted by molar-refractivity contribution is 0.155. The number of methoxy groups -OCH3 is 1. The second-order valence-corrected chi connectivity index (χ2v) is 8.40. The van der Waals surface area contributed by atoms with Gasteiger partial charge in [-0.15, -0.1) is 0 Å². The standard InChI is InChI=1S/C14H27NO3S/c1-18-8-5-13-4-2-3-7-15(10-13)11-14-6-9-19(16,17)12-14/h13-14H,2-12H2,1H3/t13-,14+/m1/s1. The van der Waals surface area contributed by atoms with Crippen LogP contribution in [0.2, 0.25) is 0 Å². The van der Waals surface area contributed by atoms with E-state index in [2.05, 4.69) is 4.90 Å². The van der Waals surface area contributed by atoms with Gasteiger partial charge in [-0.25, -0.2) is 8.42 Å². The van der Waals surface area contributed by atoms with Gasteiger partial charge in [-0.1, -0.05) is 6.42 Å². The lowest BCUT2D eigenvalue weighted by atomic mass is 10.00. The molecule has 2 rings (SSSR count). The van der Waals surface area contributed by atoms with E-state index in [4.69, 9.17) is 4.74 Å². The topological polar surface area (TPSA) is 46.6 Å². The molecule has 5 heteroatoms. The molecule has 0 aromatic heterocycles. The molecule has 0 bridgehead atoms. The molecule has 0 spiro atoms. The van der Waals surface area contributed by atoms with Crippen molar-refractivity contribution in [3.63, 3.8) is 0 Å². The number of sulfone groups is 1. The minimum absolute atomic E-state index is 0.367. The molecule has 2 heterocycles. The highest BCUT2D eigenvalue weighted by Crippen LogP contribution is 2.24. The van der Waals surface area contributed by atoms with Gasteiger partial charge in [-0.05, 0) is 44.1 Å². The quantitative estimate of drug-likeness (QED) is 0.770. The Bertz CT molecular complexity index is 369. The molecule has 4 nitrogen and oxygen atoms in total. The van der Waals surface area contributed by atoms with Crippen LogP contribution in [0.5, 0.6) is 0 Å². The average molecular weight is 289 g/mol. The summed E-state index contributed by atoms with van der Waals surface area (Å²) in [5, 5.41) is 0. The van der Waals surface area contributed by atoms with Gasteiger partial charge >= 0.3 is 0 Å². The normalized spacial score (nSPS) is 32.3. The maximum Gasteiger partial charge on any atom is 0.150 e.